The number of fused-ring (bicyclic) bond motifs is 1. The Morgan fingerprint density at radius 2 is 2.12 bits per heavy atom. The molecule has 0 spiro atoms. The highest BCUT2D eigenvalue weighted by atomic mass is 16.2. The van der Waals surface area contributed by atoms with E-state index in [2.05, 4.69) is 12.2 Å². The van der Waals surface area contributed by atoms with Crippen molar-refractivity contribution >= 4 is 5.91 Å². The van der Waals surface area contributed by atoms with Crippen LogP contribution in [0.5, 0.6) is 0 Å². The number of hydrogen-bond acceptors (Lipinski definition) is 2. The fourth-order valence-corrected chi connectivity index (χ4v) is 3.07. The van der Waals surface area contributed by atoms with E-state index in [0.29, 0.717) is 11.8 Å². The maximum atomic E-state index is 12.4. The van der Waals surface area contributed by atoms with Crippen molar-refractivity contribution in [2.45, 2.75) is 13.5 Å². The van der Waals surface area contributed by atoms with Gasteiger partial charge < -0.3 is 14.8 Å². The third-order valence-corrected chi connectivity index (χ3v) is 4.07. The van der Waals surface area contributed by atoms with Crippen LogP contribution in [0.3, 0.4) is 0 Å². The summed E-state index contributed by atoms with van der Waals surface area (Å²) in [6, 6.07) is 3.88. The van der Waals surface area contributed by atoms with Crippen LogP contribution >= 0.6 is 0 Å². The van der Waals surface area contributed by atoms with E-state index in [1.54, 1.807) is 0 Å². The summed E-state index contributed by atoms with van der Waals surface area (Å²) in [6.45, 7) is 6.92. The molecule has 0 bridgehead atoms. The lowest BCUT2D eigenvalue weighted by Crippen LogP contribution is -2.33. The van der Waals surface area contributed by atoms with E-state index in [1.165, 1.54) is 0 Å². The molecule has 2 aliphatic heterocycles. The molecule has 17 heavy (non-hydrogen) atoms. The topological polar surface area (TPSA) is 37.3 Å². The average Bonchev–Trinajstić information content (AvgIpc) is 3.02. The lowest BCUT2D eigenvalue weighted by Gasteiger charge is -2.18. The third-order valence-electron chi connectivity index (χ3n) is 4.07. The summed E-state index contributed by atoms with van der Waals surface area (Å²) in [5.41, 5.74) is 0.834. The fourth-order valence-electron chi connectivity index (χ4n) is 3.07. The fraction of sp³-hybridized carbons (Fsp3) is 0.615. The summed E-state index contributed by atoms with van der Waals surface area (Å²) >= 11 is 0. The van der Waals surface area contributed by atoms with Gasteiger partial charge >= 0.3 is 0 Å². The van der Waals surface area contributed by atoms with Crippen molar-refractivity contribution in [2.75, 3.05) is 26.2 Å². The molecule has 92 valence electrons. The van der Waals surface area contributed by atoms with E-state index < -0.39 is 0 Å². The van der Waals surface area contributed by atoms with Gasteiger partial charge in [0.1, 0.15) is 5.69 Å². The lowest BCUT2D eigenvalue weighted by molar-refractivity contribution is 0.0771. The first kappa shape index (κ1) is 10.8. The molecule has 2 atom stereocenters. The maximum Gasteiger partial charge on any atom is 0.270 e. The molecule has 3 rings (SSSR count). The number of likely N-dealkylation sites (tertiary alicyclic amines) is 1. The predicted octanol–water partition coefficient (Wildman–Crippen LogP) is 0.799. The second-order valence-electron chi connectivity index (χ2n) is 5.07. The first-order chi connectivity index (χ1) is 8.29. The highest BCUT2D eigenvalue weighted by Gasteiger charge is 2.38. The monoisotopic (exact) mass is 233 g/mol. The van der Waals surface area contributed by atoms with Crippen LogP contribution in [0.1, 0.15) is 17.4 Å². The van der Waals surface area contributed by atoms with Gasteiger partial charge in [0.2, 0.25) is 0 Å². The van der Waals surface area contributed by atoms with E-state index in [0.717, 1.165) is 38.4 Å². The van der Waals surface area contributed by atoms with Crippen LogP contribution in [0.2, 0.25) is 0 Å². The van der Waals surface area contributed by atoms with Gasteiger partial charge in [-0.25, -0.2) is 0 Å². The smallest absolute Gasteiger partial charge is 0.270 e. The molecule has 2 fully saturated rings. The number of nitrogens with one attached hydrogen (secondary N) is 1. The zero-order valence-electron chi connectivity index (χ0n) is 10.2. The number of nitrogens with zero attached hydrogens (tertiary/aromatic N) is 2. The Kier molecular flexibility index (Phi) is 2.67. The van der Waals surface area contributed by atoms with Gasteiger partial charge in [-0.15, -0.1) is 0 Å². The number of carbonyl (C=O) groups is 1. The Bertz CT molecular complexity index is 414. The molecule has 4 nitrogen and oxygen atoms in total. The molecule has 1 aromatic heterocycles. The summed E-state index contributed by atoms with van der Waals surface area (Å²) in [6.07, 6.45) is 1.98. The van der Waals surface area contributed by atoms with E-state index in [-0.39, 0.29) is 5.91 Å². The minimum atomic E-state index is 0.200. The van der Waals surface area contributed by atoms with Gasteiger partial charge in [-0.05, 0) is 30.9 Å². The summed E-state index contributed by atoms with van der Waals surface area (Å²) in [5, 5.41) is 3.40. The Morgan fingerprint density at radius 1 is 1.41 bits per heavy atom. The van der Waals surface area contributed by atoms with Crippen LogP contribution in [0.4, 0.5) is 0 Å². The molecule has 0 radical (unpaired) electrons. The van der Waals surface area contributed by atoms with Crippen molar-refractivity contribution in [1.29, 1.82) is 0 Å². The molecule has 0 saturated carbocycles. The molecule has 1 N–H and O–H groups in total. The first-order valence-corrected chi connectivity index (χ1v) is 6.44. The van der Waals surface area contributed by atoms with Crippen LogP contribution in [0, 0.1) is 11.8 Å². The Hall–Kier alpha value is -1.29. The van der Waals surface area contributed by atoms with Crippen LogP contribution in [0.15, 0.2) is 18.3 Å². The molecule has 2 saturated heterocycles. The number of amides is 1. The average molecular weight is 233 g/mol. The molecule has 1 aromatic rings. The number of aryl methyl sites for hydroxylation is 1. The van der Waals surface area contributed by atoms with Gasteiger partial charge in [0, 0.05) is 38.9 Å². The van der Waals surface area contributed by atoms with E-state index >= 15 is 0 Å². The first-order valence-electron chi connectivity index (χ1n) is 6.44. The predicted molar refractivity (Wildman–Crippen MR) is 65.9 cm³/mol. The molecular formula is C13H19N3O. The highest BCUT2D eigenvalue weighted by molar-refractivity contribution is 5.93. The number of aromatic nitrogens is 1. The van der Waals surface area contributed by atoms with Gasteiger partial charge in [0.15, 0.2) is 0 Å². The third kappa shape index (κ3) is 1.76. The zero-order valence-corrected chi connectivity index (χ0v) is 10.2. The normalized spacial score (nSPS) is 27.5. The van der Waals surface area contributed by atoms with Gasteiger partial charge in [0.05, 0.1) is 0 Å². The minimum Gasteiger partial charge on any atom is -0.344 e. The lowest BCUT2D eigenvalue weighted by atomic mass is 10.0. The largest absolute Gasteiger partial charge is 0.344 e. The van der Waals surface area contributed by atoms with Crippen molar-refractivity contribution < 1.29 is 4.79 Å². The van der Waals surface area contributed by atoms with E-state index in [1.807, 2.05) is 27.8 Å². The zero-order chi connectivity index (χ0) is 11.8. The number of rotatable bonds is 2. The van der Waals surface area contributed by atoms with Gasteiger partial charge in [-0.1, -0.05) is 0 Å². The Balaban J connectivity index is 1.75. The van der Waals surface area contributed by atoms with Crippen LogP contribution in [-0.2, 0) is 6.54 Å². The van der Waals surface area contributed by atoms with E-state index in [9.17, 15) is 4.79 Å². The minimum absolute atomic E-state index is 0.200. The second-order valence-corrected chi connectivity index (χ2v) is 5.07. The van der Waals surface area contributed by atoms with Gasteiger partial charge in [-0.2, -0.15) is 0 Å². The standard InChI is InChI=1S/C13H19N3O/c1-2-15-5-3-4-12(15)13(17)16-8-10-6-14-7-11(10)9-16/h3-5,10-11,14H,2,6-9H2,1H3/t10-,11+. The molecule has 1 amide bonds. The second kappa shape index (κ2) is 4.18. The Labute approximate surface area is 102 Å². The molecule has 0 aliphatic carbocycles. The van der Waals surface area contributed by atoms with Crippen molar-refractivity contribution in [3.63, 3.8) is 0 Å². The van der Waals surface area contributed by atoms with Crippen molar-refractivity contribution in [3.8, 4) is 0 Å². The van der Waals surface area contributed by atoms with Crippen LogP contribution in [0.25, 0.3) is 0 Å². The van der Waals surface area contributed by atoms with Crippen LogP contribution in [-0.4, -0.2) is 41.6 Å². The van der Waals surface area contributed by atoms with Crippen molar-refractivity contribution in [2.24, 2.45) is 11.8 Å². The molecule has 0 unspecified atom stereocenters. The number of hydrogen-bond donors (Lipinski definition) is 1. The van der Waals surface area contributed by atoms with Crippen molar-refractivity contribution in [1.82, 2.24) is 14.8 Å². The maximum absolute atomic E-state index is 12.4. The van der Waals surface area contributed by atoms with Crippen LogP contribution < -0.4 is 5.32 Å². The SMILES string of the molecule is CCn1cccc1C(=O)N1C[C@H]2CNC[C@H]2C1. The molecular weight excluding hydrogens is 214 g/mol. The van der Waals surface area contributed by atoms with Gasteiger partial charge in [-0.3, -0.25) is 4.79 Å². The summed E-state index contributed by atoms with van der Waals surface area (Å²) in [5.74, 6) is 1.54. The summed E-state index contributed by atoms with van der Waals surface area (Å²) in [4.78, 5) is 14.4. The van der Waals surface area contributed by atoms with Gasteiger partial charge in [0.25, 0.3) is 5.91 Å². The molecule has 3 heterocycles. The molecule has 4 heteroatoms. The van der Waals surface area contributed by atoms with Crippen molar-refractivity contribution in [3.05, 3.63) is 24.0 Å². The molecule has 0 aromatic carbocycles. The number of carbonyl (C=O) groups excluding carboxylic acids is 1. The quantitative estimate of drug-likeness (QED) is 0.820. The summed E-state index contributed by atoms with van der Waals surface area (Å²) in [7, 11) is 0. The summed E-state index contributed by atoms with van der Waals surface area (Å²) < 4.78 is 2.02. The highest BCUT2D eigenvalue weighted by Crippen LogP contribution is 2.27. The Morgan fingerprint density at radius 3 is 2.76 bits per heavy atom. The molecule has 2 aliphatic rings. The van der Waals surface area contributed by atoms with E-state index in [4.69, 9.17) is 0 Å².